The Bertz CT molecular complexity index is 1080. The predicted octanol–water partition coefficient (Wildman–Crippen LogP) is 2.74. The summed E-state index contributed by atoms with van der Waals surface area (Å²) in [5, 5.41) is 22.3. The first-order valence-corrected chi connectivity index (χ1v) is 10.9. The average molecular weight is 451 g/mol. The highest BCUT2D eigenvalue weighted by Crippen LogP contribution is 2.40. The van der Waals surface area contributed by atoms with Crippen LogP contribution in [0.25, 0.3) is 5.76 Å². The highest BCUT2D eigenvalue weighted by molar-refractivity contribution is 6.46. The summed E-state index contributed by atoms with van der Waals surface area (Å²) in [5.41, 5.74) is 0.607. The lowest BCUT2D eigenvalue weighted by atomic mass is 9.95. The van der Waals surface area contributed by atoms with Crippen LogP contribution >= 0.6 is 0 Å². The van der Waals surface area contributed by atoms with Crippen LogP contribution in [0.1, 0.15) is 23.6 Å². The third-order valence-corrected chi connectivity index (χ3v) is 5.96. The summed E-state index contributed by atoms with van der Waals surface area (Å²) in [6, 6.07) is 13.5. The van der Waals surface area contributed by atoms with Gasteiger partial charge in [0.15, 0.2) is 0 Å². The molecule has 2 aliphatic rings. The van der Waals surface area contributed by atoms with Crippen LogP contribution in [-0.2, 0) is 14.3 Å². The van der Waals surface area contributed by atoms with Crippen LogP contribution in [0.15, 0.2) is 60.2 Å². The number of likely N-dealkylation sites (tertiary alicyclic amines) is 1. The zero-order chi connectivity index (χ0) is 23.4. The number of aliphatic hydroxyl groups is 1. The molecule has 4 rings (SSSR count). The molecule has 0 aromatic heterocycles. The van der Waals surface area contributed by atoms with Gasteiger partial charge in [-0.25, -0.2) is 0 Å². The standard InChI is InChI=1S/C24H25N3O6/c28-22(17-6-2-1-3-7-17)20-21(18-8-4-9-19(16-18)27(31)32)26(24(30)23(20)29)11-5-10-25-12-14-33-15-13-25/h1-4,6-9,16,21,28H,5,10-15H2/b22-20+/t21-/m0/s1. The van der Waals surface area contributed by atoms with Gasteiger partial charge in [-0.3, -0.25) is 24.6 Å². The number of nitro groups is 1. The molecule has 0 bridgehead atoms. The summed E-state index contributed by atoms with van der Waals surface area (Å²) < 4.78 is 5.36. The number of aliphatic hydroxyl groups excluding tert-OH is 1. The van der Waals surface area contributed by atoms with E-state index in [0.29, 0.717) is 30.8 Å². The molecule has 172 valence electrons. The van der Waals surface area contributed by atoms with E-state index >= 15 is 0 Å². The first kappa shape index (κ1) is 22.6. The monoisotopic (exact) mass is 451 g/mol. The molecule has 0 unspecified atom stereocenters. The van der Waals surface area contributed by atoms with Crippen molar-refractivity contribution in [2.45, 2.75) is 12.5 Å². The second kappa shape index (κ2) is 9.93. The maximum atomic E-state index is 13.0. The minimum atomic E-state index is -0.908. The summed E-state index contributed by atoms with van der Waals surface area (Å²) in [4.78, 5) is 40.5. The summed E-state index contributed by atoms with van der Waals surface area (Å²) in [5.74, 6) is -1.80. The Morgan fingerprint density at radius 2 is 1.79 bits per heavy atom. The molecule has 2 aromatic rings. The van der Waals surface area contributed by atoms with Crippen molar-refractivity contribution in [1.29, 1.82) is 0 Å². The number of carbonyl (C=O) groups excluding carboxylic acids is 2. The maximum Gasteiger partial charge on any atom is 0.295 e. The Balaban J connectivity index is 1.70. The van der Waals surface area contributed by atoms with E-state index in [2.05, 4.69) is 4.90 Å². The lowest BCUT2D eigenvalue weighted by Crippen LogP contribution is -2.39. The van der Waals surface area contributed by atoms with E-state index in [1.165, 1.54) is 23.1 Å². The largest absolute Gasteiger partial charge is 0.507 e. The Morgan fingerprint density at radius 3 is 2.48 bits per heavy atom. The van der Waals surface area contributed by atoms with Crippen LogP contribution in [0, 0.1) is 10.1 Å². The lowest BCUT2D eigenvalue weighted by molar-refractivity contribution is -0.384. The summed E-state index contributed by atoms with van der Waals surface area (Å²) in [6.07, 6.45) is 0.615. The molecular weight excluding hydrogens is 426 g/mol. The molecule has 2 aromatic carbocycles. The maximum absolute atomic E-state index is 13.0. The van der Waals surface area contributed by atoms with E-state index in [9.17, 15) is 24.8 Å². The molecule has 0 spiro atoms. The van der Waals surface area contributed by atoms with Gasteiger partial charge < -0.3 is 14.7 Å². The van der Waals surface area contributed by atoms with Crippen LogP contribution in [0.5, 0.6) is 0 Å². The van der Waals surface area contributed by atoms with E-state index < -0.39 is 22.7 Å². The van der Waals surface area contributed by atoms with Crippen molar-refractivity contribution in [3.63, 3.8) is 0 Å². The number of nitrogens with zero attached hydrogens (tertiary/aromatic N) is 3. The fraction of sp³-hybridized carbons (Fsp3) is 0.333. The molecule has 2 saturated heterocycles. The SMILES string of the molecule is O=C1C(=O)N(CCCN2CCOCC2)[C@@H](c2cccc([N+](=O)[O-])c2)/C1=C(\O)c1ccccc1. The first-order chi connectivity index (χ1) is 16.0. The fourth-order valence-corrected chi connectivity index (χ4v) is 4.31. The lowest BCUT2D eigenvalue weighted by Gasteiger charge is -2.29. The summed E-state index contributed by atoms with van der Waals surface area (Å²) >= 11 is 0. The van der Waals surface area contributed by atoms with Crippen molar-refractivity contribution in [3.05, 3.63) is 81.4 Å². The second-order valence-corrected chi connectivity index (χ2v) is 8.02. The van der Waals surface area contributed by atoms with Gasteiger partial charge in [0, 0.05) is 43.9 Å². The topological polar surface area (TPSA) is 113 Å². The van der Waals surface area contributed by atoms with Gasteiger partial charge in [0.1, 0.15) is 5.76 Å². The molecule has 0 aliphatic carbocycles. The van der Waals surface area contributed by atoms with E-state index in [1.807, 2.05) is 0 Å². The van der Waals surface area contributed by atoms with E-state index in [1.54, 1.807) is 36.4 Å². The van der Waals surface area contributed by atoms with Crippen molar-refractivity contribution >= 4 is 23.1 Å². The second-order valence-electron chi connectivity index (χ2n) is 8.02. The number of amides is 1. The van der Waals surface area contributed by atoms with E-state index in [4.69, 9.17) is 4.74 Å². The molecule has 33 heavy (non-hydrogen) atoms. The van der Waals surface area contributed by atoms with Crippen LogP contribution < -0.4 is 0 Å². The summed E-state index contributed by atoms with van der Waals surface area (Å²) in [7, 11) is 0. The number of ketones is 1. The molecule has 2 fully saturated rings. The highest BCUT2D eigenvalue weighted by atomic mass is 16.6. The van der Waals surface area contributed by atoms with Gasteiger partial charge in [-0.1, -0.05) is 42.5 Å². The Hall–Kier alpha value is -3.56. The number of benzene rings is 2. The van der Waals surface area contributed by atoms with Gasteiger partial charge in [-0.15, -0.1) is 0 Å². The minimum Gasteiger partial charge on any atom is -0.507 e. The molecular formula is C24H25N3O6. The van der Waals surface area contributed by atoms with Crippen LogP contribution in [0.4, 0.5) is 5.69 Å². The fourth-order valence-electron chi connectivity index (χ4n) is 4.31. The number of ether oxygens (including phenoxy) is 1. The third-order valence-electron chi connectivity index (χ3n) is 5.96. The van der Waals surface area contributed by atoms with Crippen LogP contribution in [0.2, 0.25) is 0 Å². The summed E-state index contributed by atoms with van der Waals surface area (Å²) in [6.45, 7) is 3.94. The predicted molar refractivity (Wildman–Crippen MR) is 120 cm³/mol. The van der Waals surface area contributed by atoms with E-state index in [-0.39, 0.29) is 23.6 Å². The van der Waals surface area contributed by atoms with Gasteiger partial charge in [0.2, 0.25) is 0 Å². The number of hydrogen-bond donors (Lipinski definition) is 1. The molecule has 9 nitrogen and oxygen atoms in total. The molecule has 2 aliphatic heterocycles. The number of nitro benzene ring substituents is 1. The zero-order valence-corrected chi connectivity index (χ0v) is 18.1. The van der Waals surface area contributed by atoms with Crippen molar-refractivity contribution < 1.29 is 24.4 Å². The molecule has 2 heterocycles. The highest BCUT2D eigenvalue weighted by Gasteiger charge is 2.46. The number of non-ortho nitro benzene ring substituents is 1. The van der Waals surface area contributed by atoms with Crippen LogP contribution in [-0.4, -0.2) is 70.9 Å². The quantitative estimate of drug-likeness (QED) is 0.226. The van der Waals surface area contributed by atoms with Crippen molar-refractivity contribution in [3.8, 4) is 0 Å². The third kappa shape index (κ3) is 4.79. The Morgan fingerprint density at radius 1 is 1.06 bits per heavy atom. The van der Waals surface area contributed by atoms with E-state index in [0.717, 1.165) is 19.6 Å². The van der Waals surface area contributed by atoms with Gasteiger partial charge >= 0.3 is 0 Å². The molecule has 1 N–H and O–H groups in total. The van der Waals surface area contributed by atoms with Gasteiger partial charge in [-0.2, -0.15) is 0 Å². The number of rotatable bonds is 7. The Kier molecular flexibility index (Phi) is 6.81. The number of carbonyl (C=O) groups is 2. The Labute approximate surface area is 191 Å². The zero-order valence-electron chi connectivity index (χ0n) is 18.1. The van der Waals surface area contributed by atoms with Gasteiger partial charge in [0.05, 0.1) is 29.8 Å². The molecule has 1 atom stereocenters. The number of morpholine rings is 1. The smallest absolute Gasteiger partial charge is 0.295 e. The van der Waals surface area contributed by atoms with Gasteiger partial charge in [0.25, 0.3) is 17.4 Å². The van der Waals surface area contributed by atoms with Crippen molar-refractivity contribution in [2.75, 3.05) is 39.4 Å². The molecule has 1 amide bonds. The normalized spacial score (nSPS) is 20.8. The number of hydrogen-bond acceptors (Lipinski definition) is 7. The van der Waals surface area contributed by atoms with Crippen molar-refractivity contribution in [1.82, 2.24) is 9.80 Å². The average Bonchev–Trinajstić information content (AvgIpc) is 3.10. The molecule has 9 heteroatoms. The van der Waals surface area contributed by atoms with Crippen LogP contribution in [0.3, 0.4) is 0 Å². The number of Topliss-reactive ketones (excluding diaryl/α,β-unsaturated/α-hetero) is 1. The molecule has 0 saturated carbocycles. The minimum absolute atomic E-state index is 0.0573. The van der Waals surface area contributed by atoms with Crippen molar-refractivity contribution in [2.24, 2.45) is 0 Å². The first-order valence-electron chi connectivity index (χ1n) is 10.9. The molecule has 0 radical (unpaired) electrons. The van der Waals surface area contributed by atoms with Gasteiger partial charge in [-0.05, 0) is 12.0 Å².